The van der Waals surface area contributed by atoms with E-state index in [2.05, 4.69) is 4.98 Å². The van der Waals surface area contributed by atoms with Crippen LogP contribution in [-0.2, 0) is 6.18 Å². The van der Waals surface area contributed by atoms with Crippen LogP contribution in [0.4, 0.5) is 19.0 Å². The SMILES string of the molecule is FC(F)(F)c1ccc(N2CCC2)nc1Cl. The third kappa shape index (κ3) is 2.02. The largest absolute Gasteiger partial charge is 0.419 e. The summed E-state index contributed by atoms with van der Waals surface area (Å²) in [6.07, 6.45) is -3.39. The monoisotopic (exact) mass is 236 g/mol. The highest BCUT2D eigenvalue weighted by molar-refractivity contribution is 6.30. The van der Waals surface area contributed by atoms with Gasteiger partial charge < -0.3 is 4.90 Å². The van der Waals surface area contributed by atoms with Crippen LogP contribution in [0.3, 0.4) is 0 Å². The second-order valence-electron chi connectivity index (χ2n) is 3.35. The Labute approximate surface area is 89.7 Å². The Bertz CT molecular complexity index is 374. The second-order valence-corrected chi connectivity index (χ2v) is 3.70. The molecule has 1 aliphatic heterocycles. The fraction of sp³-hybridized carbons (Fsp3) is 0.444. The van der Waals surface area contributed by atoms with Gasteiger partial charge in [-0.15, -0.1) is 0 Å². The van der Waals surface area contributed by atoms with Crippen molar-refractivity contribution >= 4 is 17.4 Å². The molecule has 0 N–H and O–H groups in total. The molecule has 82 valence electrons. The van der Waals surface area contributed by atoms with Crippen molar-refractivity contribution in [3.63, 3.8) is 0 Å². The molecule has 2 heterocycles. The first-order valence-corrected chi connectivity index (χ1v) is 4.85. The fourth-order valence-corrected chi connectivity index (χ4v) is 1.61. The summed E-state index contributed by atoms with van der Waals surface area (Å²) in [7, 11) is 0. The zero-order valence-corrected chi connectivity index (χ0v) is 8.44. The third-order valence-electron chi connectivity index (χ3n) is 2.32. The second kappa shape index (κ2) is 3.56. The molecule has 1 fully saturated rings. The van der Waals surface area contributed by atoms with Crippen LogP contribution >= 0.6 is 11.6 Å². The fourth-order valence-electron chi connectivity index (χ4n) is 1.36. The molecule has 1 aromatic rings. The van der Waals surface area contributed by atoms with Crippen LogP contribution < -0.4 is 4.90 Å². The van der Waals surface area contributed by atoms with Gasteiger partial charge in [0.1, 0.15) is 11.0 Å². The summed E-state index contributed by atoms with van der Waals surface area (Å²) in [5.74, 6) is 0.513. The highest BCUT2D eigenvalue weighted by Gasteiger charge is 2.34. The number of halogens is 4. The average Bonchev–Trinajstić information content (AvgIpc) is 1.97. The molecule has 0 bridgehead atoms. The zero-order valence-electron chi connectivity index (χ0n) is 7.68. The van der Waals surface area contributed by atoms with Crippen molar-refractivity contribution in [1.29, 1.82) is 0 Å². The summed E-state index contributed by atoms with van der Waals surface area (Å²) >= 11 is 5.48. The van der Waals surface area contributed by atoms with E-state index in [1.165, 1.54) is 6.07 Å². The summed E-state index contributed by atoms with van der Waals surface area (Å²) in [5, 5.41) is -0.480. The molecule has 0 unspecified atom stereocenters. The lowest BCUT2D eigenvalue weighted by Crippen LogP contribution is -2.37. The molecule has 0 aliphatic carbocycles. The van der Waals surface area contributed by atoms with Gasteiger partial charge in [0.25, 0.3) is 0 Å². The van der Waals surface area contributed by atoms with E-state index in [1.54, 1.807) is 0 Å². The Morgan fingerprint density at radius 2 is 1.93 bits per heavy atom. The van der Waals surface area contributed by atoms with Crippen LogP contribution in [0.5, 0.6) is 0 Å². The first-order chi connectivity index (χ1) is 6.98. The molecule has 0 atom stereocenters. The lowest BCUT2D eigenvalue weighted by atomic mass is 10.2. The number of nitrogens with zero attached hydrogens (tertiary/aromatic N) is 2. The third-order valence-corrected chi connectivity index (χ3v) is 2.61. The van der Waals surface area contributed by atoms with Crippen molar-refractivity contribution in [3.8, 4) is 0 Å². The predicted octanol–water partition coefficient (Wildman–Crippen LogP) is 2.96. The number of alkyl halides is 3. The molecule has 0 radical (unpaired) electrons. The topological polar surface area (TPSA) is 16.1 Å². The summed E-state index contributed by atoms with van der Waals surface area (Å²) in [5.41, 5.74) is -0.881. The van der Waals surface area contributed by atoms with Crippen molar-refractivity contribution in [2.45, 2.75) is 12.6 Å². The van der Waals surface area contributed by atoms with Gasteiger partial charge in [-0.25, -0.2) is 4.98 Å². The van der Waals surface area contributed by atoms with Gasteiger partial charge in [-0.3, -0.25) is 0 Å². The van der Waals surface area contributed by atoms with Crippen LogP contribution in [0.25, 0.3) is 0 Å². The van der Waals surface area contributed by atoms with Gasteiger partial charge in [-0.1, -0.05) is 11.6 Å². The van der Waals surface area contributed by atoms with Gasteiger partial charge in [-0.05, 0) is 18.6 Å². The minimum absolute atomic E-state index is 0.480. The van der Waals surface area contributed by atoms with Crippen molar-refractivity contribution in [2.24, 2.45) is 0 Å². The summed E-state index contributed by atoms with van der Waals surface area (Å²) in [6, 6.07) is 2.33. The van der Waals surface area contributed by atoms with E-state index < -0.39 is 16.9 Å². The van der Waals surface area contributed by atoms with Gasteiger partial charge in [0.05, 0.1) is 5.56 Å². The number of rotatable bonds is 1. The Balaban J connectivity index is 2.30. The standard InChI is InChI=1S/C9H8ClF3N2/c10-8-6(9(11,12)13)2-3-7(14-8)15-4-1-5-15/h2-3H,1,4-5H2. The molecule has 6 heteroatoms. The van der Waals surface area contributed by atoms with Gasteiger partial charge in [0, 0.05) is 13.1 Å². The van der Waals surface area contributed by atoms with E-state index in [4.69, 9.17) is 11.6 Å². The van der Waals surface area contributed by atoms with Crippen molar-refractivity contribution in [2.75, 3.05) is 18.0 Å². The van der Waals surface area contributed by atoms with Crippen LogP contribution in [0, 0.1) is 0 Å². The van der Waals surface area contributed by atoms with E-state index in [0.717, 1.165) is 25.6 Å². The van der Waals surface area contributed by atoms with Crippen molar-refractivity contribution in [3.05, 3.63) is 22.8 Å². The molecule has 0 aromatic carbocycles. The summed E-state index contributed by atoms with van der Waals surface area (Å²) < 4.78 is 37.0. The number of hydrogen-bond acceptors (Lipinski definition) is 2. The quantitative estimate of drug-likeness (QED) is 0.697. The summed E-state index contributed by atoms with van der Waals surface area (Å²) in [4.78, 5) is 5.61. The Morgan fingerprint density at radius 3 is 2.33 bits per heavy atom. The van der Waals surface area contributed by atoms with Crippen LogP contribution in [-0.4, -0.2) is 18.1 Å². The minimum atomic E-state index is -4.43. The molecule has 1 aliphatic rings. The lowest BCUT2D eigenvalue weighted by molar-refractivity contribution is -0.137. The highest BCUT2D eigenvalue weighted by atomic mass is 35.5. The van der Waals surface area contributed by atoms with E-state index in [-0.39, 0.29) is 0 Å². The molecular weight excluding hydrogens is 229 g/mol. The van der Waals surface area contributed by atoms with Crippen LogP contribution in [0.1, 0.15) is 12.0 Å². The van der Waals surface area contributed by atoms with Crippen LogP contribution in [0.15, 0.2) is 12.1 Å². The minimum Gasteiger partial charge on any atom is -0.356 e. The van der Waals surface area contributed by atoms with Crippen molar-refractivity contribution in [1.82, 2.24) is 4.98 Å². The van der Waals surface area contributed by atoms with Gasteiger partial charge in [0.15, 0.2) is 0 Å². The number of pyridine rings is 1. The Morgan fingerprint density at radius 1 is 1.27 bits per heavy atom. The normalized spacial score (nSPS) is 16.4. The molecule has 0 spiro atoms. The Hall–Kier alpha value is -0.970. The number of hydrogen-bond donors (Lipinski definition) is 0. The van der Waals surface area contributed by atoms with Gasteiger partial charge in [-0.2, -0.15) is 13.2 Å². The summed E-state index contributed by atoms with van der Waals surface area (Å²) in [6.45, 7) is 1.66. The first-order valence-electron chi connectivity index (χ1n) is 4.47. The molecule has 2 rings (SSSR count). The number of aromatic nitrogens is 1. The maximum absolute atomic E-state index is 12.3. The van der Waals surface area contributed by atoms with Crippen molar-refractivity contribution < 1.29 is 13.2 Å². The number of anilines is 1. The predicted molar refractivity (Wildman–Crippen MR) is 51.1 cm³/mol. The van der Waals surface area contributed by atoms with Gasteiger partial charge in [0.2, 0.25) is 0 Å². The zero-order chi connectivity index (χ0) is 11.1. The van der Waals surface area contributed by atoms with Gasteiger partial charge >= 0.3 is 6.18 Å². The average molecular weight is 237 g/mol. The smallest absolute Gasteiger partial charge is 0.356 e. The van der Waals surface area contributed by atoms with E-state index in [9.17, 15) is 13.2 Å². The maximum Gasteiger partial charge on any atom is 0.419 e. The molecule has 0 amide bonds. The Kier molecular flexibility index (Phi) is 2.50. The molecular formula is C9H8ClF3N2. The molecule has 1 saturated heterocycles. The highest BCUT2D eigenvalue weighted by Crippen LogP contribution is 2.35. The molecule has 0 saturated carbocycles. The lowest BCUT2D eigenvalue weighted by Gasteiger charge is -2.32. The maximum atomic E-state index is 12.3. The molecule has 2 nitrogen and oxygen atoms in total. The van der Waals surface area contributed by atoms with E-state index in [0.29, 0.717) is 5.82 Å². The van der Waals surface area contributed by atoms with E-state index in [1.807, 2.05) is 4.90 Å². The van der Waals surface area contributed by atoms with E-state index >= 15 is 0 Å². The van der Waals surface area contributed by atoms with Crippen LogP contribution in [0.2, 0.25) is 5.15 Å². The molecule has 15 heavy (non-hydrogen) atoms. The first kappa shape index (κ1) is 10.5. The molecule has 1 aromatic heterocycles.